The molecule has 0 unspecified atom stereocenters. The molecule has 0 aliphatic carbocycles. The Kier molecular flexibility index (Phi) is 6.93. The molecule has 4 aromatic heterocycles. The highest BCUT2D eigenvalue weighted by Gasteiger charge is 2.25. The molecule has 0 saturated carbocycles. The number of carbonyl (C=O) groups is 1. The Hall–Kier alpha value is -4.19. The number of nitrogens with zero attached hydrogens (tertiary/aromatic N) is 6. The first-order chi connectivity index (χ1) is 20.4. The van der Waals surface area contributed by atoms with E-state index in [0.717, 1.165) is 43.0 Å². The molecule has 1 fully saturated rings. The number of hydrogen-bond acceptors (Lipinski definition) is 8. The van der Waals surface area contributed by atoms with Crippen LogP contribution in [0.5, 0.6) is 0 Å². The van der Waals surface area contributed by atoms with Crippen molar-refractivity contribution in [1.29, 1.82) is 0 Å². The Balaban J connectivity index is 1.12. The highest BCUT2D eigenvalue weighted by atomic mass is 35.5. The zero-order valence-corrected chi connectivity index (χ0v) is 23.2. The van der Waals surface area contributed by atoms with E-state index in [1.54, 1.807) is 24.4 Å². The first-order valence-corrected chi connectivity index (χ1v) is 14.1. The molecule has 0 amide bonds. The molecule has 6 heterocycles. The second kappa shape index (κ2) is 10.9. The summed E-state index contributed by atoms with van der Waals surface area (Å²) >= 11 is 5.89. The van der Waals surface area contributed by atoms with Crippen molar-refractivity contribution < 1.29 is 23.4 Å². The molecule has 7 rings (SSSR count). The molecule has 10 nitrogen and oxygen atoms in total. The number of halogens is 2. The fraction of sp³-hybridized carbons (Fsp3) is 0.300. The van der Waals surface area contributed by atoms with Gasteiger partial charge in [-0.3, -0.25) is 4.90 Å². The predicted octanol–water partition coefficient (Wildman–Crippen LogP) is 5.13. The number of imidazole rings is 1. The smallest absolute Gasteiger partial charge is 0.354 e. The van der Waals surface area contributed by atoms with Gasteiger partial charge in [-0.15, -0.1) is 0 Å². The standard InChI is InChI=1S/C30H26ClFN6O4/c31-19-2-1-18(22(32)14-19)13-26-36-28-27(42-26)21(5-9-33-28)17-6-10-37(11-7-17)16-25-34-23-3-4-24(30(39)40)35-29(23)38(25)15-20-8-12-41-20/h1-6,9,14,20H,7-8,10-13,15-16H2,(H,39,40)/t20-/m0/s1. The minimum absolute atomic E-state index is 0.00665. The van der Waals surface area contributed by atoms with Crippen molar-refractivity contribution in [2.24, 2.45) is 0 Å². The average Bonchev–Trinajstić information content (AvgIpc) is 3.52. The number of carboxylic acid groups (broad SMARTS) is 1. The van der Waals surface area contributed by atoms with E-state index in [2.05, 4.69) is 25.9 Å². The molecule has 1 saturated heterocycles. The maximum Gasteiger partial charge on any atom is 0.354 e. The molecule has 5 aromatic rings. The quantitative estimate of drug-likeness (QED) is 0.263. The fourth-order valence-corrected chi connectivity index (χ4v) is 5.60. The highest BCUT2D eigenvalue weighted by molar-refractivity contribution is 6.30. The van der Waals surface area contributed by atoms with Crippen LogP contribution in [0.25, 0.3) is 28.0 Å². The van der Waals surface area contributed by atoms with E-state index in [1.165, 1.54) is 12.1 Å². The maximum atomic E-state index is 14.4. The van der Waals surface area contributed by atoms with E-state index in [-0.39, 0.29) is 18.2 Å². The van der Waals surface area contributed by atoms with Gasteiger partial charge >= 0.3 is 5.97 Å². The topological polar surface area (TPSA) is 119 Å². The van der Waals surface area contributed by atoms with Gasteiger partial charge in [-0.2, -0.15) is 4.98 Å². The zero-order valence-electron chi connectivity index (χ0n) is 22.5. The minimum Gasteiger partial charge on any atom is -0.477 e. The van der Waals surface area contributed by atoms with Crippen molar-refractivity contribution in [3.63, 3.8) is 0 Å². The van der Waals surface area contributed by atoms with Crippen LogP contribution in [0.15, 0.2) is 53.1 Å². The van der Waals surface area contributed by atoms with Gasteiger partial charge in [0, 0.05) is 36.5 Å². The molecular weight excluding hydrogens is 563 g/mol. The number of rotatable bonds is 8. The van der Waals surface area contributed by atoms with Crippen LogP contribution in [0.1, 0.15) is 46.2 Å². The lowest BCUT2D eigenvalue weighted by Gasteiger charge is -2.29. The Bertz CT molecular complexity index is 1860. The lowest BCUT2D eigenvalue weighted by atomic mass is 10.00. The van der Waals surface area contributed by atoms with E-state index in [9.17, 15) is 14.3 Å². The fourth-order valence-electron chi connectivity index (χ4n) is 5.44. The van der Waals surface area contributed by atoms with Crippen molar-refractivity contribution >= 4 is 45.5 Å². The average molecular weight is 589 g/mol. The van der Waals surface area contributed by atoms with Gasteiger partial charge in [-0.1, -0.05) is 23.7 Å². The molecule has 0 bridgehead atoms. The summed E-state index contributed by atoms with van der Waals surface area (Å²) in [6, 6.07) is 9.67. The van der Waals surface area contributed by atoms with Gasteiger partial charge in [0.1, 0.15) is 17.2 Å². The molecule has 1 atom stereocenters. The van der Waals surface area contributed by atoms with E-state index in [4.69, 9.17) is 25.7 Å². The van der Waals surface area contributed by atoms with Crippen LogP contribution in [-0.2, 0) is 24.2 Å². The Morgan fingerprint density at radius 2 is 2.05 bits per heavy atom. The van der Waals surface area contributed by atoms with Gasteiger partial charge in [0.05, 0.1) is 25.6 Å². The van der Waals surface area contributed by atoms with Crippen LogP contribution in [0.3, 0.4) is 0 Å². The summed E-state index contributed by atoms with van der Waals surface area (Å²) < 4.78 is 28.1. The maximum absolute atomic E-state index is 14.4. The van der Waals surface area contributed by atoms with Gasteiger partial charge in [0.25, 0.3) is 0 Å². The number of pyridine rings is 2. The molecule has 214 valence electrons. The number of benzene rings is 1. The SMILES string of the molecule is O=C(O)c1ccc2nc(CN3CC=C(c4ccnc5nc(Cc6ccc(Cl)cc6F)oc45)CC3)n(C[C@@H]3CCO3)c2n1. The first kappa shape index (κ1) is 26.7. The van der Waals surface area contributed by atoms with Gasteiger partial charge in [-0.05, 0) is 54.3 Å². The van der Waals surface area contributed by atoms with E-state index >= 15 is 0 Å². The summed E-state index contributed by atoms with van der Waals surface area (Å²) in [6.07, 6.45) is 5.87. The lowest BCUT2D eigenvalue weighted by molar-refractivity contribution is -0.0592. The zero-order chi connectivity index (χ0) is 28.8. The number of hydrogen-bond donors (Lipinski definition) is 1. The summed E-state index contributed by atoms with van der Waals surface area (Å²) in [4.78, 5) is 31.9. The number of ether oxygens (including phenoxy) is 1. The number of oxazole rings is 1. The van der Waals surface area contributed by atoms with Crippen LogP contribution in [0.2, 0.25) is 5.02 Å². The molecular formula is C30H26ClFN6O4. The number of aromatic nitrogens is 5. The third-order valence-corrected chi connectivity index (χ3v) is 8.00. The van der Waals surface area contributed by atoms with E-state index < -0.39 is 11.8 Å². The molecule has 0 radical (unpaired) electrons. The first-order valence-electron chi connectivity index (χ1n) is 13.7. The Labute approximate surface area is 244 Å². The Morgan fingerprint density at radius 3 is 2.79 bits per heavy atom. The van der Waals surface area contributed by atoms with Gasteiger partial charge in [0.15, 0.2) is 22.6 Å². The molecule has 1 aromatic carbocycles. The van der Waals surface area contributed by atoms with E-state index in [1.807, 2.05) is 10.6 Å². The van der Waals surface area contributed by atoms with Crippen LogP contribution in [-0.4, -0.2) is 66.3 Å². The summed E-state index contributed by atoms with van der Waals surface area (Å²) in [6.45, 7) is 3.36. The molecule has 12 heteroatoms. The molecule has 2 aliphatic rings. The second-order valence-electron chi connectivity index (χ2n) is 10.5. The predicted molar refractivity (Wildman–Crippen MR) is 153 cm³/mol. The Morgan fingerprint density at radius 1 is 1.17 bits per heavy atom. The molecule has 42 heavy (non-hydrogen) atoms. The van der Waals surface area contributed by atoms with E-state index in [0.29, 0.717) is 58.5 Å². The number of aromatic carboxylic acids is 1. The number of carboxylic acids is 1. The van der Waals surface area contributed by atoms with Gasteiger partial charge in [0.2, 0.25) is 5.89 Å². The number of fused-ring (bicyclic) bond motifs is 2. The van der Waals surface area contributed by atoms with Crippen molar-refractivity contribution in [2.45, 2.75) is 38.5 Å². The monoisotopic (exact) mass is 588 g/mol. The summed E-state index contributed by atoms with van der Waals surface area (Å²) in [5.74, 6) is -0.257. The van der Waals surface area contributed by atoms with Gasteiger partial charge in [-0.25, -0.2) is 24.1 Å². The van der Waals surface area contributed by atoms with Crippen molar-refractivity contribution in [3.8, 4) is 0 Å². The normalized spacial score (nSPS) is 17.5. The summed E-state index contributed by atoms with van der Waals surface area (Å²) in [7, 11) is 0. The van der Waals surface area contributed by atoms with Crippen LogP contribution in [0.4, 0.5) is 4.39 Å². The van der Waals surface area contributed by atoms with Gasteiger partial charge < -0.3 is 18.8 Å². The van der Waals surface area contributed by atoms with Crippen molar-refractivity contribution in [2.75, 3.05) is 19.7 Å². The van der Waals surface area contributed by atoms with Crippen molar-refractivity contribution in [1.82, 2.24) is 29.4 Å². The molecule has 1 N–H and O–H groups in total. The highest BCUT2D eigenvalue weighted by Crippen LogP contribution is 2.31. The molecule has 2 aliphatic heterocycles. The minimum atomic E-state index is -1.07. The van der Waals surface area contributed by atoms with Crippen molar-refractivity contribution in [3.05, 3.63) is 88.0 Å². The summed E-state index contributed by atoms with van der Waals surface area (Å²) in [5, 5.41) is 9.79. The molecule has 0 spiro atoms. The largest absolute Gasteiger partial charge is 0.477 e. The third-order valence-electron chi connectivity index (χ3n) is 7.77. The van der Waals surface area contributed by atoms with Crippen LogP contribution in [0, 0.1) is 5.82 Å². The van der Waals surface area contributed by atoms with Crippen LogP contribution < -0.4 is 0 Å². The summed E-state index contributed by atoms with van der Waals surface area (Å²) in [5.41, 5.74) is 4.80. The lowest BCUT2D eigenvalue weighted by Crippen LogP contribution is -2.33. The second-order valence-corrected chi connectivity index (χ2v) is 10.9. The van der Waals surface area contributed by atoms with Crippen LogP contribution >= 0.6 is 11.6 Å². The third kappa shape index (κ3) is 5.15.